The summed E-state index contributed by atoms with van der Waals surface area (Å²) < 4.78 is 27.1. The second-order valence-electron chi connectivity index (χ2n) is 5.86. The zero-order valence-corrected chi connectivity index (χ0v) is 14.6. The first kappa shape index (κ1) is 18.0. The second-order valence-corrected chi connectivity index (χ2v) is 7.60. The number of sulfonamides is 1. The highest BCUT2D eigenvalue weighted by atomic mass is 32.2. The standard InChI is InChI=1S/C17H17N3O5S/c21-17-6-3-11-19(17)14-9-7-13(8-10-14)12-18-26(24,25)16-5-2-1-4-15(16)20(22)23/h1-2,4-5,7-10,18H,3,6,11-12H2. The quantitative estimate of drug-likeness (QED) is 0.615. The van der Waals surface area contributed by atoms with Crippen molar-refractivity contribution in [3.8, 4) is 0 Å². The van der Waals surface area contributed by atoms with Crippen molar-refractivity contribution in [2.24, 2.45) is 0 Å². The molecule has 0 aliphatic carbocycles. The van der Waals surface area contributed by atoms with Crippen LogP contribution in [0.15, 0.2) is 53.4 Å². The molecule has 1 heterocycles. The van der Waals surface area contributed by atoms with Crippen LogP contribution in [0.4, 0.5) is 11.4 Å². The van der Waals surface area contributed by atoms with E-state index in [1.807, 2.05) is 0 Å². The van der Waals surface area contributed by atoms with Gasteiger partial charge in [-0.3, -0.25) is 14.9 Å². The van der Waals surface area contributed by atoms with Crippen LogP contribution in [0.3, 0.4) is 0 Å². The molecule has 2 aromatic carbocycles. The van der Waals surface area contributed by atoms with Gasteiger partial charge in [0.1, 0.15) is 0 Å². The lowest BCUT2D eigenvalue weighted by Crippen LogP contribution is -2.25. The van der Waals surface area contributed by atoms with Crippen molar-refractivity contribution in [1.82, 2.24) is 4.72 Å². The van der Waals surface area contributed by atoms with Crippen LogP contribution in [0.1, 0.15) is 18.4 Å². The molecule has 9 heteroatoms. The normalized spacial score (nSPS) is 14.6. The molecule has 3 rings (SSSR count). The number of anilines is 1. The van der Waals surface area contributed by atoms with Gasteiger partial charge in [0.2, 0.25) is 15.9 Å². The van der Waals surface area contributed by atoms with E-state index in [0.717, 1.165) is 18.2 Å². The Labute approximate surface area is 150 Å². The lowest BCUT2D eigenvalue weighted by molar-refractivity contribution is -0.387. The molecule has 2 aromatic rings. The summed E-state index contributed by atoms with van der Waals surface area (Å²) in [5.41, 5.74) is 0.989. The summed E-state index contributed by atoms with van der Waals surface area (Å²) in [4.78, 5) is 23.4. The number of hydrogen-bond donors (Lipinski definition) is 1. The molecule has 0 bridgehead atoms. The molecule has 0 radical (unpaired) electrons. The highest BCUT2D eigenvalue weighted by Gasteiger charge is 2.25. The van der Waals surface area contributed by atoms with E-state index in [-0.39, 0.29) is 17.3 Å². The number of nitro benzene ring substituents is 1. The summed E-state index contributed by atoms with van der Waals surface area (Å²) in [6.07, 6.45) is 1.37. The molecule has 1 saturated heterocycles. The Balaban J connectivity index is 1.72. The maximum absolute atomic E-state index is 12.4. The van der Waals surface area contributed by atoms with Crippen molar-refractivity contribution in [1.29, 1.82) is 0 Å². The Morgan fingerprint density at radius 2 is 1.81 bits per heavy atom. The molecule has 0 spiro atoms. The first-order valence-corrected chi connectivity index (χ1v) is 9.49. The average Bonchev–Trinajstić information content (AvgIpc) is 3.06. The van der Waals surface area contributed by atoms with Crippen LogP contribution in [0, 0.1) is 10.1 Å². The maximum atomic E-state index is 12.4. The highest BCUT2D eigenvalue weighted by molar-refractivity contribution is 7.89. The van der Waals surface area contributed by atoms with Crippen molar-refractivity contribution in [2.45, 2.75) is 24.3 Å². The van der Waals surface area contributed by atoms with Crippen molar-refractivity contribution in [3.63, 3.8) is 0 Å². The van der Waals surface area contributed by atoms with Gasteiger partial charge in [0, 0.05) is 31.3 Å². The zero-order valence-electron chi connectivity index (χ0n) is 13.8. The monoisotopic (exact) mass is 375 g/mol. The van der Waals surface area contributed by atoms with Gasteiger partial charge in [0.05, 0.1) is 4.92 Å². The van der Waals surface area contributed by atoms with E-state index in [9.17, 15) is 23.3 Å². The first-order valence-electron chi connectivity index (χ1n) is 8.01. The fraction of sp³-hybridized carbons (Fsp3) is 0.235. The smallest absolute Gasteiger partial charge is 0.289 e. The van der Waals surface area contributed by atoms with E-state index < -0.39 is 20.6 Å². The Kier molecular flexibility index (Phi) is 5.01. The number of carbonyl (C=O) groups is 1. The van der Waals surface area contributed by atoms with Crippen LogP contribution < -0.4 is 9.62 Å². The number of para-hydroxylation sites is 1. The molecule has 1 aliphatic heterocycles. The predicted molar refractivity (Wildman–Crippen MR) is 95.2 cm³/mol. The number of benzene rings is 2. The summed E-state index contributed by atoms with van der Waals surface area (Å²) in [6.45, 7) is 0.672. The Hall–Kier alpha value is -2.78. The van der Waals surface area contributed by atoms with E-state index in [2.05, 4.69) is 4.72 Å². The molecule has 1 fully saturated rings. The summed E-state index contributed by atoms with van der Waals surface area (Å²) >= 11 is 0. The van der Waals surface area contributed by atoms with E-state index in [1.54, 1.807) is 29.2 Å². The fourth-order valence-electron chi connectivity index (χ4n) is 2.81. The molecule has 0 unspecified atom stereocenters. The van der Waals surface area contributed by atoms with Crippen LogP contribution >= 0.6 is 0 Å². The lowest BCUT2D eigenvalue weighted by atomic mass is 10.2. The molecule has 0 aromatic heterocycles. The predicted octanol–water partition coefficient (Wildman–Crippen LogP) is 2.20. The van der Waals surface area contributed by atoms with E-state index in [4.69, 9.17) is 0 Å². The fourth-order valence-corrected chi connectivity index (χ4v) is 3.99. The van der Waals surface area contributed by atoms with Gasteiger partial charge in [0.25, 0.3) is 5.69 Å². The van der Waals surface area contributed by atoms with Crippen LogP contribution in [0.5, 0.6) is 0 Å². The average molecular weight is 375 g/mol. The third-order valence-corrected chi connectivity index (χ3v) is 5.59. The van der Waals surface area contributed by atoms with Gasteiger partial charge < -0.3 is 4.90 Å². The van der Waals surface area contributed by atoms with Gasteiger partial charge in [0.15, 0.2) is 4.90 Å². The van der Waals surface area contributed by atoms with Gasteiger partial charge in [-0.05, 0) is 30.2 Å². The number of amides is 1. The van der Waals surface area contributed by atoms with Crippen molar-refractivity contribution >= 4 is 27.3 Å². The third-order valence-electron chi connectivity index (χ3n) is 4.14. The zero-order chi connectivity index (χ0) is 18.7. The minimum atomic E-state index is -4.02. The lowest BCUT2D eigenvalue weighted by Gasteiger charge is -2.16. The molecule has 26 heavy (non-hydrogen) atoms. The second kappa shape index (κ2) is 7.22. The number of rotatable bonds is 6. The molecular formula is C17H17N3O5S. The summed E-state index contributed by atoms with van der Waals surface area (Å²) in [6, 6.07) is 12.2. The Bertz CT molecular complexity index is 941. The highest BCUT2D eigenvalue weighted by Crippen LogP contribution is 2.24. The molecule has 0 atom stereocenters. The first-order chi connectivity index (χ1) is 12.4. The van der Waals surface area contributed by atoms with Crippen LogP contribution in [0.25, 0.3) is 0 Å². The van der Waals surface area contributed by atoms with Crippen molar-refractivity contribution in [3.05, 3.63) is 64.2 Å². The summed E-state index contributed by atoms with van der Waals surface area (Å²) in [7, 11) is -4.02. The number of carbonyl (C=O) groups excluding carboxylic acids is 1. The van der Waals surface area contributed by atoms with E-state index >= 15 is 0 Å². The largest absolute Gasteiger partial charge is 0.312 e. The van der Waals surface area contributed by atoms with Gasteiger partial charge in [-0.25, -0.2) is 13.1 Å². The Morgan fingerprint density at radius 3 is 2.42 bits per heavy atom. The van der Waals surface area contributed by atoms with Gasteiger partial charge >= 0.3 is 0 Å². The van der Waals surface area contributed by atoms with Gasteiger partial charge in [-0.15, -0.1) is 0 Å². The number of hydrogen-bond acceptors (Lipinski definition) is 5. The molecular weight excluding hydrogens is 358 g/mol. The number of nitrogens with zero attached hydrogens (tertiary/aromatic N) is 2. The van der Waals surface area contributed by atoms with Crippen LogP contribution in [-0.4, -0.2) is 25.8 Å². The molecule has 1 N–H and O–H groups in total. The van der Waals surface area contributed by atoms with Gasteiger partial charge in [-0.2, -0.15) is 0 Å². The number of nitrogens with one attached hydrogen (secondary N) is 1. The van der Waals surface area contributed by atoms with Crippen LogP contribution in [0.2, 0.25) is 0 Å². The molecule has 1 amide bonds. The van der Waals surface area contributed by atoms with E-state index in [0.29, 0.717) is 18.5 Å². The maximum Gasteiger partial charge on any atom is 0.289 e. The summed E-state index contributed by atoms with van der Waals surface area (Å²) in [5.74, 6) is 0.0786. The van der Waals surface area contributed by atoms with Gasteiger partial charge in [-0.1, -0.05) is 24.3 Å². The third kappa shape index (κ3) is 3.73. The van der Waals surface area contributed by atoms with Crippen molar-refractivity contribution in [2.75, 3.05) is 11.4 Å². The molecule has 136 valence electrons. The minimum absolute atomic E-state index is 0.0113. The molecule has 1 aliphatic rings. The minimum Gasteiger partial charge on any atom is -0.312 e. The van der Waals surface area contributed by atoms with Crippen LogP contribution in [-0.2, 0) is 21.4 Å². The summed E-state index contributed by atoms with van der Waals surface area (Å²) in [5, 5.41) is 11.0. The number of nitro groups is 1. The molecule has 8 nitrogen and oxygen atoms in total. The van der Waals surface area contributed by atoms with E-state index in [1.165, 1.54) is 18.2 Å². The topological polar surface area (TPSA) is 110 Å². The Morgan fingerprint density at radius 1 is 1.12 bits per heavy atom. The van der Waals surface area contributed by atoms with Crippen molar-refractivity contribution < 1.29 is 18.1 Å². The molecule has 0 saturated carbocycles. The SMILES string of the molecule is O=C1CCCN1c1ccc(CNS(=O)(=O)c2ccccc2[N+](=O)[O-])cc1.